The summed E-state index contributed by atoms with van der Waals surface area (Å²) in [6.07, 6.45) is 2.85. The standard InChI is InChI=1S/C21H18FN3O4/c22-17-9-7-15(8-10-17)14-29-19-6-2-1-4-16(19)12-24-25-21(27)20(26)23-13-18-5-3-11-28-18/h1-12H,13-14H2,(H,23,26)(H,25,27)/b24-12-. The van der Waals surface area contributed by atoms with Crippen LogP contribution in [-0.2, 0) is 22.7 Å². The third-order valence-electron chi connectivity index (χ3n) is 3.81. The van der Waals surface area contributed by atoms with Crippen molar-refractivity contribution < 1.29 is 23.1 Å². The van der Waals surface area contributed by atoms with Crippen molar-refractivity contribution in [2.24, 2.45) is 5.10 Å². The van der Waals surface area contributed by atoms with E-state index in [-0.39, 0.29) is 19.0 Å². The second-order valence-electron chi connectivity index (χ2n) is 5.91. The normalized spacial score (nSPS) is 10.7. The molecule has 1 aromatic heterocycles. The number of hydrogen-bond donors (Lipinski definition) is 2. The smallest absolute Gasteiger partial charge is 0.329 e. The minimum Gasteiger partial charge on any atom is -0.488 e. The molecule has 0 aliphatic carbocycles. The lowest BCUT2D eigenvalue weighted by Gasteiger charge is -2.09. The third kappa shape index (κ3) is 6.03. The first-order chi connectivity index (χ1) is 14.1. The van der Waals surface area contributed by atoms with Gasteiger partial charge in [-0.3, -0.25) is 9.59 Å². The zero-order valence-electron chi connectivity index (χ0n) is 15.3. The Bertz CT molecular complexity index is 985. The highest BCUT2D eigenvalue weighted by molar-refractivity contribution is 6.35. The molecule has 3 aromatic rings. The number of benzene rings is 2. The zero-order valence-corrected chi connectivity index (χ0v) is 15.3. The molecule has 0 atom stereocenters. The lowest BCUT2D eigenvalue weighted by Crippen LogP contribution is -2.37. The van der Waals surface area contributed by atoms with E-state index in [9.17, 15) is 14.0 Å². The summed E-state index contributed by atoms with van der Waals surface area (Å²) in [5, 5.41) is 6.21. The maximum Gasteiger partial charge on any atom is 0.329 e. The van der Waals surface area contributed by atoms with Crippen LogP contribution in [0.2, 0.25) is 0 Å². The van der Waals surface area contributed by atoms with E-state index in [2.05, 4.69) is 15.8 Å². The van der Waals surface area contributed by atoms with Crippen LogP contribution in [0.3, 0.4) is 0 Å². The van der Waals surface area contributed by atoms with E-state index in [4.69, 9.17) is 9.15 Å². The molecule has 148 valence electrons. The highest BCUT2D eigenvalue weighted by Gasteiger charge is 2.12. The number of amides is 2. The van der Waals surface area contributed by atoms with Crippen molar-refractivity contribution in [1.82, 2.24) is 10.7 Å². The van der Waals surface area contributed by atoms with Crippen LogP contribution < -0.4 is 15.5 Å². The van der Waals surface area contributed by atoms with Crippen molar-refractivity contribution >= 4 is 18.0 Å². The largest absolute Gasteiger partial charge is 0.488 e. The summed E-state index contributed by atoms with van der Waals surface area (Å²) in [6.45, 7) is 0.343. The molecule has 0 aliphatic rings. The molecule has 2 aromatic carbocycles. The zero-order chi connectivity index (χ0) is 20.5. The highest BCUT2D eigenvalue weighted by Crippen LogP contribution is 2.17. The number of rotatable bonds is 7. The molecule has 0 aliphatic heterocycles. The van der Waals surface area contributed by atoms with Crippen LogP contribution in [0.15, 0.2) is 76.4 Å². The molecule has 7 nitrogen and oxygen atoms in total. The highest BCUT2D eigenvalue weighted by atomic mass is 19.1. The number of halogens is 1. The van der Waals surface area contributed by atoms with Crippen LogP contribution in [0.4, 0.5) is 4.39 Å². The fourth-order valence-electron chi connectivity index (χ4n) is 2.33. The maximum absolute atomic E-state index is 13.0. The Balaban J connectivity index is 1.52. The predicted octanol–water partition coefficient (Wildman–Crippen LogP) is 2.76. The van der Waals surface area contributed by atoms with Gasteiger partial charge in [-0.25, -0.2) is 9.82 Å². The van der Waals surface area contributed by atoms with Gasteiger partial charge in [0.2, 0.25) is 0 Å². The lowest BCUT2D eigenvalue weighted by molar-refractivity contribution is -0.139. The second-order valence-corrected chi connectivity index (χ2v) is 5.91. The molecular formula is C21H18FN3O4. The van der Waals surface area contributed by atoms with Crippen LogP contribution in [0.5, 0.6) is 5.75 Å². The Hall–Kier alpha value is -3.94. The van der Waals surface area contributed by atoms with E-state index < -0.39 is 11.8 Å². The molecule has 0 radical (unpaired) electrons. The summed E-state index contributed by atoms with van der Waals surface area (Å²) in [6, 6.07) is 16.4. The Kier molecular flexibility index (Phi) is 6.72. The van der Waals surface area contributed by atoms with Gasteiger partial charge in [0.25, 0.3) is 0 Å². The lowest BCUT2D eigenvalue weighted by atomic mass is 10.2. The van der Waals surface area contributed by atoms with Crippen molar-refractivity contribution in [3.05, 3.63) is 89.6 Å². The minimum atomic E-state index is -0.905. The number of hydrogen-bond acceptors (Lipinski definition) is 5. The van der Waals surface area contributed by atoms with Crippen LogP contribution in [0.25, 0.3) is 0 Å². The minimum absolute atomic E-state index is 0.100. The van der Waals surface area contributed by atoms with E-state index in [0.29, 0.717) is 17.1 Å². The number of hydrazone groups is 1. The fraction of sp³-hybridized carbons (Fsp3) is 0.0952. The Labute approximate surface area is 166 Å². The van der Waals surface area contributed by atoms with Gasteiger partial charge in [-0.2, -0.15) is 5.10 Å². The van der Waals surface area contributed by atoms with Crippen molar-refractivity contribution in [2.45, 2.75) is 13.2 Å². The number of nitrogens with zero attached hydrogens (tertiary/aromatic N) is 1. The average Bonchev–Trinajstić information content (AvgIpc) is 3.26. The first-order valence-electron chi connectivity index (χ1n) is 8.72. The first kappa shape index (κ1) is 19.8. The quantitative estimate of drug-likeness (QED) is 0.366. The Morgan fingerprint density at radius 3 is 2.59 bits per heavy atom. The van der Waals surface area contributed by atoms with Gasteiger partial charge in [0.1, 0.15) is 23.9 Å². The Morgan fingerprint density at radius 2 is 1.83 bits per heavy atom. The summed E-state index contributed by atoms with van der Waals surface area (Å²) in [7, 11) is 0. The number of carbonyl (C=O) groups excluding carboxylic acids is 2. The van der Waals surface area contributed by atoms with E-state index >= 15 is 0 Å². The Morgan fingerprint density at radius 1 is 1.03 bits per heavy atom. The van der Waals surface area contributed by atoms with E-state index in [1.54, 1.807) is 48.5 Å². The van der Waals surface area contributed by atoms with Crippen molar-refractivity contribution in [1.29, 1.82) is 0 Å². The predicted molar refractivity (Wildman–Crippen MR) is 103 cm³/mol. The summed E-state index contributed by atoms with van der Waals surface area (Å²) in [5.41, 5.74) is 3.57. The van der Waals surface area contributed by atoms with Gasteiger partial charge in [-0.15, -0.1) is 0 Å². The van der Waals surface area contributed by atoms with Crippen LogP contribution in [-0.4, -0.2) is 18.0 Å². The van der Waals surface area contributed by atoms with E-state index in [1.165, 1.54) is 24.6 Å². The molecule has 1 heterocycles. The van der Waals surface area contributed by atoms with Gasteiger partial charge in [0.05, 0.1) is 19.0 Å². The average molecular weight is 395 g/mol. The summed E-state index contributed by atoms with van der Waals surface area (Å²) in [5.74, 6) is -0.999. The SMILES string of the molecule is O=C(NCc1ccco1)C(=O)N/N=C\c1ccccc1OCc1ccc(F)cc1. The first-order valence-corrected chi connectivity index (χ1v) is 8.72. The molecule has 0 fully saturated rings. The van der Waals surface area contributed by atoms with Gasteiger partial charge in [0, 0.05) is 5.56 Å². The molecule has 2 N–H and O–H groups in total. The van der Waals surface area contributed by atoms with Gasteiger partial charge in [-0.05, 0) is 42.0 Å². The molecule has 8 heteroatoms. The molecule has 3 rings (SSSR count). The van der Waals surface area contributed by atoms with Gasteiger partial charge >= 0.3 is 11.8 Å². The number of carbonyl (C=O) groups is 2. The van der Waals surface area contributed by atoms with E-state index in [1.807, 2.05) is 0 Å². The summed E-state index contributed by atoms with van der Waals surface area (Å²) in [4.78, 5) is 23.5. The molecule has 0 saturated heterocycles. The molecule has 0 saturated carbocycles. The third-order valence-corrected chi connectivity index (χ3v) is 3.81. The second kappa shape index (κ2) is 9.84. The molecule has 0 bridgehead atoms. The van der Waals surface area contributed by atoms with Crippen molar-refractivity contribution in [2.75, 3.05) is 0 Å². The number of furan rings is 1. The van der Waals surface area contributed by atoms with Gasteiger partial charge in [-0.1, -0.05) is 24.3 Å². The summed E-state index contributed by atoms with van der Waals surface area (Å²) < 4.78 is 23.8. The number of nitrogens with one attached hydrogen (secondary N) is 2. The fourth-order valence-corrected chi connectivity index (χ4v) is 2.33. The molecule has 0 unspecified atom stereocenters. The molecule has 0 spiro atoms. The van der Waals surface area contributed by atoms with Crippen molar-refractivity contribution in [3.63, 3.8) is 0 Å². The monoisotopic (exact) mass is 395 g/mol. The molecular weight excluding hydrogens is 377 g/mol. The van der Waals surface area contributed by atoms with Gasteiger partial charge < -0.3 is 14.5 Å². The van der Waals surface area contributed by atoms with Crippen molar-refractivity contribution in [3.8, 4) is 5.75 Å². The van der Waals surface area contributed by atoms with Crippen LogP contribution in [0.1, 0.15) is 16.9 Å². The number of ether oxygens (including phenoxy) is 1. The van der Waals surface area contributed by atoms with E-state index in [0.717, 1.165) is 5.56 Å². The number of para-hydroxylation sites is 1. The molecule has 2 amide bonds. The maximum atomic E-state index is 13.0. The van der Waals surface area contributed by atoms with Crippen LogP contribution >= 0.6 is 0 Å². The summed E-state index contributed by atoms with van der Waals surface area (Å²) >= 11 is 0. The topological polar surface area (TPSA) is 92.9 Å². The molecule has 29 heavy (non-hydrogen) atoms. The van der Waals surface area contributed by atoms with Gasteiger partial charge in [0.15, 0.2) is 0 Å². The van der Waals surface area contributed by atoms with Crippen LogP contribution in [0, 0.1) is 5.82 Å².